The Kier molecular flexibility index (Phi) is 4.12. The van der Waals surface area contributed by atoms with Gasteiger partial charge >= 0.3 is 0 Å². The zero-order valence-electron chi connectivity index (χ0n) is 9.57. The minimum Gasteiger partial charge on any atom is -0.313 e. The summed E-state index contributed by atoms with van der Waals surface area (Å²) in [5.74, 6) is 0.166. The van der Waals surface area contributed by atoms with Crippen molar-refractivity contribution in [1.82, 2.24) is 5.32 Å². The Morgan fingerprint density at radius 1 is 1.33 bits per heavy atom. The van der Waals surface area contributed by atoms with Crippen molar-refractivity contribution in [1.29, 1.82) is 0 Å². The van der Waals surface area contributed by atoms with E-state index in [0.29, 0.717) is 16.5 Å². The van der Waals surface area contributed by atoms with Gasteiger partial charge in [0, 0.05) is 11.1 Å². The van der Waals surface area contributed by atoms with Crippen LogP contribution in [-0.4, -0.2) is 7.05 Å². The van der Waals surface area contributed by atoms with Crippen molar-refractivity contribution < 1.29 is 4.39 Å². The predicted octanol–water partition coefficient (Wildman–Crippen LogP) is 3.70. The van der Waals surface area contributed by atoms with E-state index in [0.717, 1.165) is 5.56 Å². The molecule has 0 heterocycles. The van der Waals surface area contributed by atoms with Crippen molar-refractivity contribution in [3.8, 4) is 0 Å². The summed E-state index contributed by atoms with van der Waals surface area (Å²) in [5, 5.41) is 3.69. The first kappa shape index (κ1) is 12.5. The fourth-order valence-corrected chi connectivity index (χ4v) is 2.03. The lowest BCUT2D eigenvalue weighted by atomic mass is 9.95. The Hall–Kier alpha value is -0.600. The molecule has 1 unspecified atom stereocenters. The highest BCUT2D eigenvalue weighted by atomic mass is 35.5. The molecule has 1 rings (SSSR count). The summed E-state index contributed by atoms with van der Waals surface area (Å²) in [6.45, 7) is 5.97. The molecule has 0 fully saturated rings. The molecule has 0 aliphatic heterocycles. The molecule has 84 valence electrons. The van der Waals surface area contributed by atoms with Crippen LogP contribution in [0.25, 0.3) is 0 Å². The molecule has 0 saturated carbocycles. The largest absolute Gasteiger partial charge is 0.313 e. The van der Waals surface area contributed by atoms with E-state index in [9.17, 15) is 4.39 Å². The molecule has 1 nitrogen and oxygen atoms in total. The van der Waals surface area contributed by atoms with E-state index >= 15 is 0 Å². The highest BCUT2D eigenvalue weighted by molar-refractivity contribution is 6.31. The zero-order valence-corrected chi connectivity index (χ0v) is 10.3. The van der Waals surface area contributed by atoms with Crippen LogP contribution in [0.5, 0.6) is 0 Å². The molecule has 1 aromatic carbocycles. The first-order valence-electron chi connectivity index (χ1n) is 5.10. The van der Waals surface area contributed by atoms with Crippen molar-refractivity contribution in [2.24, 2.45) is 5.92 Å². The van der Waals surface area contributed by atoms with Gasteiger partial charge in [-0.15, -0.1) is 0 Å². The van der Waals surface area contributed by atoms with Gasteiger partial charge in [0.2, 0.25) is 0 Å². The number of halogens is 2. The van der Waals surface area contributed by atoms with E-state index in [2.05, 4.69) is 19.2 Å². The third-order valence-electron chi connectivity index (χ3n) is 2.59. The first-order valence-corrected chi connectivity index (χ1v) is 5.48. The molecule has 1 atom stereocenters. The molecule has 0 radical (unpaired) electrons. The minimum absolute atomic E-state index is 0.164. The van der Waals surface area contributed by atoms with Gasteiger partial charge in [0.1, 0.15) is 5.82 Å². The van der Waals surface area contributed by atoms with E-state index in [4.69, 9.17) is 11.6 Å². The lowest BCUT2D eigenvalue weighted by Gasteiger charge is -2.22. The molecule has 15 heavy (non-hydrogen) atoms. The normalized spacial score (nSPS) is 13.3. The highest BCUT2D eigenvalue weighted by Crippen LogP contribution is 2.29. The van der Waals surface area contributed by atoms with Gasteiger partial charge in [-0.05, 0) is 37.1 Å². The summed E-state index contributed by atoms with van der Waals surface area (Å²) < 4.78 is 13.2. The van der Waals surface area contributed by atoms with Gasteiger partial charge in [0.05, 0.1) is 0 Å². The fraction of sp³-hybridized carbons (Fsp3) is 0.500. The van der Waals surface area contributed by atoms with Gasteiger partial charge in [-0.1, -0.05) is 31.5 Å². The molecular formula is C12H17ClFN. The van der Waals surface area contributed by atoms with E-state index in [1.807, 2.05) is 13.1 Å². The third kappa shape index (κ3) is 2.70. The maximum atomic E-state index is 13.2. The Balaban J connectivity index is 3.18. The second-order valence-electron chi connectivity index (χ2n) is 4.13. The van der Waals surface area contributed by atoms with Crippen molar-refractivity contribution in [3.05, 3.63) is 34.1 Å². The summed E-state index contributed by atoms with van der Waals surface area (Å²) in [4.78, 5) is 0. The van der Waals surface area contributed by atoms with Crippen LogP contribution in [0.3, 0.4) is 0 Å². The van der Waals surface area contributed by atoms with Crippen molar-refractivity contribution in [2.45, 2.75) is 26.8 Å². The van der Waals surface area contributed by atoms with Gasteiger partial charge in [-0.25, -0.2) is 4.39 Å². The number of nitrogens with one attached hydrogen (secondary N) is 1. The second kappa shape index (κ2) is 4.95. The van der Waals surface area contributed by atoms with Crippen LogP contribution in [0, 0.1) is 18.7 Å². The summed E-state index contributed by atoms with van der Waals surface area (Å²) >= 11 is 6.04. The molecule has 0 bridgehead atoms. The van der Waals surface area contributed by atoms with Crippen LogP contribution >= 0.6 is 11.6 Å². The first-order chi connectivity index (χ1) is 6.97. The number of rotatable bonds is 3. The molecule has 0 aliphatic carbocycles. The molecule has 0 amide bonds. The SMILES string of the molecule is CNC(c1cc(C)c(F)cc1Cl)C(C)C. The molecule has 0 spiro atoms. The van der Waals surface area contributed by atoms with Gasteiger partial charge in [0.25, 0.3) is 0 Å². The van der Waals surface area contributed by atoms with Crippen molar-refractivity contribution in [2.75, 3.05) is 7.05 Å². The molecule has 1 N–H and O–H groups in total. The van der Waals surface area contributed by atoms with Gasteiger partial charge in [-0.2, -0.15) is 0 Å². The molecule has 3 heteroatoms. The average molecular weight is 230 g/mol. The topological polar surface area (TPSA) is 12.0 Å². The lowest BCUT2D eigenvalue weighted by Crippen LogP contribution is -2.22. The van der Waals surface area contributed by atoms with Crippen LogP contribution < -0.4 is 5.32 Å². The third-order valence-corrected chi connectivity index (χ3v) is 2.92. The summed E-state index contributed by atoms with van der Waals surface area (Å²) in [5.41, 5.74) is 1.60. The zero-order chi connectivity index (χ0) is 11.6. The lowest BCUT2D eigenvalue weighted by molar-refractivity contribution is 0.442. The van der Waals surface area contributed by atoms with Crippen molar-refractivity contribution >= 4 is 11.6 Å². The highest BCUT2D eigenvalue weighted by Gasteiger charge is 2.17. The number of hydrogen-bond donors (Lipinski definition) is 1. The predicted molar refractivity (Wildman–Crippen MR) is 62.8 cm³/mol. The fourth-order valence-electron chi connectivity index (χ4n) is 1.77. The minimum atomic E-state index is -0.248. The van der Waals surface area contributed by atoms with Gasteiger partial charge < -0.3 is 5.32 Å². The molecule has 1 aromatic rings. The molecule has 0 aliphatic rings. The van der Waals surface area contributed by atoms with E-state index in [1.54, 1.807) is 6.92 Å². The van der Waals surface area contributed by atoms with E-state index in [1.165, 1.54) is 6.07 Å². The van der Waals surface area contributed by atoms with Crippen molar-refractivity contribution in [3.63, 3.8) is 0 Å². The quantitative estimate of drug-likeness (QED) is 0.834. The standard InChI is InChI=1S/C12H17ClFN/c1-7(2)12(15-4)9-5-8(3)11(14)6-10(9)13/h5-7,12,15H,1-4H3. The van der Waals surface area contributed by atoms with E-state index < -0.39 is 0 Å². The van der Waals surface area contributed by atoms with Gasteiger partial charge in [-0.3, -0.25) is 0 Å². The van der Waals surface area contributed by atoms with Crippen LogP contribution in [0.15, 0.2) is 12.1 Å². The monoisotopic (exact) mass is 229 g/mol. The maximum absolute atomic E-state index is 13.2. The Labute approximate surface area is 95.6 Å². The number of hydrogen-bond acceptors (Lipinski definition) is 1. The Bertz CT molecular complexity index is 350. The van der Waals surface area contributed by atoms with Crippen LogP contribution in [0.2, 0.25) is 5.02 Å². The van der Waals surface area contributed by atoms with Crippen LogP contribution in [0.4, 0.5) is 4.39 Å². The Morgan fingerprint density at radius 3 is 2.40 bits per heavy atom. The molecule has 0 aromatic heterocycles. The summed E-state index contributed by atoms with van der Waals surface area (Å²) in [7, 11) is 1.89. The smallest absolute Gasteiger partial charge is 0.127 e. The summed E-state index contributed by atoms with van der Waals surface area (Å²) in [6.07, 6.45) is 0. The van der Waals surface area contributed by atoms with Gasteiger partial charge in [0.15, 0.2) is 0 Å². The van der Waals surface area contributed by atoms with Crippen LogP contribution in [0.1, 0.15) is 31.0 Å². The number of benzene rings is 1. The average Bonchev–Trinajstić information content (AvgIpc) is 2.14. The summed E-state index contributed by atoms with van der Waals surface area (Å²) in [6, 6.07) is 3.37. The molecule has 0 saturated heterocycles. The Morgan fingerprint density at radius 2 is 1.93 bits per heavy atom. The molecular weight excluding hydrogens is 213 g/mol. The van der Waals surface area contributed by atoms with E-state index in [-0.39, 0.29) is 11.9 Å². The maximum Gasteiger partial charge on any atom is 0.127 e. The second-order valence-corrected chi connectivity index (χ2v) is 4.54. The number of aryl methyl sites for hydroxylation is 1. The van der Waals surface area contributed by atoms with Crippen LogP contribution in [-0.2, 0) is 0 Å².